The number of amides is 2. The van der Waals surface area contributed by atoms with Crippen LogP contribution < -0.4 is 5.32 Å². The first-order chi connectivity index (χ1) is 11.0. The molecule has 1 aromatic rings. The van der Waals surface area contributed by atoms with Gasteiger partial charge in [-0.15, -0.1) is 0 Å². The largest absolute Gasteiger partial charge is 0.378 e. The number of carbonyl (C=O) groups excluding carboxylic acids is 2. The molecular weight excluding hydrogens is 318 g/mol. The molecule has 0 saturated carbocycles. The maximum Gasteiger partial charge on any atom is 0.239 e. The Bertz CT molecular complexity index is 561. The zero-order valence-electron chi connectivity index (χ0n) is 13.4. The Balaban J connectivity index is 1.87. The number of hydrogen-bond donors (Lipinski definition) is 1. The fourth-order valence-electron chi connectivity index (χ4n) is 2.35. The molecule has 1 fully saturated rings. The maximum absolute atomic E-state index is 12.4. The number of nitrogens with one attached hydrogen (secondary N) is 1. The van der Waals surface area contributed by atoms with Gasteiger partial charge in [0.25, 0.3) is 0 Å². The number of nitrogens with zero attached hydrogens (tertiary/aromatic N) is 2. The maximum atomic E-state index is 12.4. The van der Waals surface area contributed by atoms with E-state index in [1.807, 2.05) is 0 Å². The van der Waals surface area contributed by atoms with Gasteiger partial charge >= 0.3 is 0 Å². The smallest absolute Gasteiger partial charge is 0.239 e. The Hall–Kier alpha value is -1.63. The first-order valence-electron chi connectivity index (χ1n) is 7.60. The van der Waals surface area contributed by atoms with Gasteiger partial charge < -0.3 is 15.0 Å². The summed E-state index contributed by atoms with van der Waals surface area (Å²) in [6.07, 6.45) is 0. The molecule has 1 heterocycles. The second-order valence-electron chi connectivity index (χ2n) is 5.56. The summed E-state index contributed by atoms with van der Waals surface area (Å²) in [6.45, 7) is 4.25. The van der Waals surface area contributed by atoms with Crippen molar-refractivity contribution in [1.82, 2.24) is 9.80 Å². The first kappa shape index (κ1) is 17.7. The predicted molar refractivity (Wildman–Crippen MR) is 89.6 cm³/mol. The van der Waals surface area contributed by atoms with Gasteiger partial charge in [-0.25, -0.2) is 0 Å². The van der Waals surface area contributed by atoms with Crippen molar-refractivity contribution >= 4 is 29.1 Å². The van der Waals surface area contributed by atoms with Crippen molar-refractivity contribution in [2.24, 2.45) is 0 Å². The Morgan fingerprint density at radius 3 is 2.65 bits per heavy atom. The van der Waals surface area contributed by atoms with E-state index in [1.165, 1.54) is 0 Å². The minimum Gasteiger partial charge on any atom is -0.378 e. The van der Waals surface area contributed by atoms with E-state index in [9.17, 15) is 9.59 Å². The number of hydrogen-bond acceptors (Lipinski definition) is 4. The number of anilines is 1. The van der Waals surface area contributed by atoms with Gasteiger partial charge in [-0.05, 0) is 26.1 Å². The number of ether oxygens (including phenoxy) is 1. The van der Waals surface area contributed by atoms with Crippen LogP contribution in [0.2, 0.25) is 5.02 Å². The lowest BCUT2D eigenvalue weighted by Gasteiger charge is -2.32. The van der Waals surface area contributed by atoms with E-state index in [1.54, 1.807) is 48.0 Å². The van der Waals surface area contributed by atoms with Crippen LogP contribution in [0.1, 0.15) is 6.92 Å². The third-order valence-corrected chi connectivity index (χ3v) is 4.21. The van der Waals surface area contributed by atoms with Gasteiger partial charge in [0.05, 0.1) is 36.5 Å². The Labute approximate surface area is 141 Å². The van der Waals surface area contributed by atoms with E-state index in [0.29, 0.717) is 37.0 Å². The molecule has 1 aliphatic heterocycles. The molecule has 0 bridgehead atoms. The number of likely N-dealkylation sites (N-methyl/N-ethyl adjacent to an activating group) is 1. The van der Waals surface area contributed by atoms with Crippen LogP contribution in [-0.2, 0) is 14.3 Å². The standard InChI is InChI=1S/C16H22ClN3O3/c1-12(16(22)20-7-9-23-10-8-20)19(2)11-15(21)18-14-6-4-3-5-13(14)17/h3-6,12H,7-11H2,1-2H3,(H,18,21)/t12-/m1/s1. The topological polar surface area (TPSA) is 61.9 Å². The molecule has 1 saturated heterocycles. The molecule has 7 heteroatoms. The van der Waals surface area contributed by atoms with E-state index < -0.39 is 0 Å². The summed E-state index contributed by atoms with van der Waals surface area (Å²) < 4.78 is 5.25. The summed E-state index contributed by atoms with van der Waals surface area (Å²) in [5.41, 5.74) is 0.569. The number of rotatable bonds is 5. The molecule has 1 aliphatic rings. The van der Waals surface area contributed by atoms with Crippen molar-refractivity contribution < 1.29 is 14.3 Å². The van der Waals surface area contributed by atoms with Gasteiger partial charge in [0, 0.05) is 13.1 Å². The van der Waals surface area contributed by atoms with Gasteiger partial charge in [-0.2, -0.15) is 0 Å². The van der Waals surface area contributed by atoms with E-state index in [-0.39, 0.29) is 24.4 Å². The second kappa shape index (κ2) is 8.29. The highest BCUT2D eigenvalue weighted by Crippen LogP contribution is 2.20. The molecule has 0 spiro atoms. The highest BCUT2D eigenvalue weighted by atomic mass is 35.5. The quantitative estimate of drug-likeness (QED) is 0.882. The molecule has 0 radical (unpaired) electrons. The first-order valence-corrected chi connectivity index (χ1v) is 7.98. The van der Waals surface area contributed by atoms with Crippen LogP contribution in [0.15, 0.2) is 24.3 Å². The zero-order valence-corrected chi connectivity index (χ0v) is 14.2. The third kappa shape index (κ3) is 4.92. The zero-order chi connectivity index (χ0) is 16.8. The van der Waals surface area contributed by atoms with Crippen LogP contribution >= 0.6 is 11.6 Å². The summed E-state index contributed by atoms with van der Waals surface area (Å²) in [4.78, 5) is 28.0. The van der Waals surface area contributed by atoms with Gasteiger partial charge in [0.15, 0.2) is 0 Å². The summed E-state index contributed by atoms with van der Waals surface area (Å²) >= 11 is 6.02. The monoisotopic (exact) mass is 339 g/mol. The average Bonchev–Trinajstić information content (AvgIpc) is 2.56. The lowest BCUT2D eigenvalue weighted by molar-refractivity contribution is -0.140. The lowest BCUT2D eigenvalue weighted by Crippen LogP contribution is -2.50. The number of benzene rings is 1. The number of halogens is 1. The van der Waals surface area contributed by atoms with Crippen molar-refractivity contribution in [3.8, 4) is 0 Å². The molecule has 126 valence electrons. The van der Waals surface area contributed by atoms with Crippen LogP contribution in [0, 0.1) is 0 Å². The third-order valence-electron chi connectivity index (χ3n) is 3.88. The van der Waals surface area contributed by atoms with Gasteiger partial charge in [0.1, 0.15) is 0 Å². The molecule has 1 atom stereocenters. The fourth-order valence-corrected chi connectivity index (χ4v) is 2.54. The normalized spacial score (nSPS) is 16.3. The van der Waals surface area contributed by atoms with E-state index in [2.05, 4.69) is 5.32 Å². The van der Waals surface area contributed by atoms with Crippen molar-refractivity contribution in [1.29, 1.82) is 0 Å². The summed E-state index contributed by atoms with van der Waals surface area (Å²) in [6, 6.07) is 6.68. The molecule has 0 aliphatic carbocycles. The minimum absolute atomic E-state index is 0.0151. The minimum atomic E-state index is -0.370. The molecule has 1 aromatic carbocycles. The van der Waals surface area contributed by atoms with Crippen molar-refractivity contribution in [3.63, 3.8) is 0 Å². The summed E-state index contributed by atoms with van der Waals surface area (Å²) in [5, 5.41) is 3.24. The Morgan fingerprint density at radius 2 is 2.00 bits per heavy atom. The van der Waals surface area contributed by atoms with Crippen molar-refractivity contribution in [2.45, 2.75) is 13.0 Å². The van der Waals surface area contributed by atoms with E-state index in [4.69, 9.17) is 16.3 Å². The summed E-state index contributed by atoms with van der Waals surface area (Å²) in [7, 11) is 1.76. The van der Waals surface area contributed by atoms with E-state index in [0.717, 1.165) is 0 Å². The molecule has 23 heavy (non-hydrogen) atoms. The van der Waals surface area contributed by atoms with Crippen LogP contribution in [0.3, 0.4) is 0 Å². The molecule has 6 nitrogen and oxygen atoms in total. The Kier molecular flexibility index (Phi) is 6.38. The van der Waals surface area contributed by atoms with Gasteiger partial charge in [-0.3, -0.25) is 14.5 Å². The highest BCUT2D eigenvalue weighted by molar-refractivity contribution is 6.33. The fraction of sp³-hybridized carbons (Fsp3) is 0.500. The molecule has 1 N–H and O–H groups in total. The number of morpholine rings is 1. The number of carbonyl (C=O) groups is 2. The van der Waals surface area contributed by atoms with Crippen LogP contribution in [0.25, 0.3) is 0 Å². The predicted octanol–water partition coefficient (Wildman–Crippen LogP) is 1.46. The SMILES string of the molecule is C[C@H](C(=O)N1CCOCC1)N(C)CC(=O)Nc1ccccc1Cl. The second-order valence-corrected chi connectivity index (χ2v) is 5.96. The highest BCUT2D eigenvalue weighted by Gasteiger charge is 2.26. The summed E-state index contributed by atoms with van der Waals surface area (Å²) in [5.74, 6) is -0.191. The van der Waals surface area contributed by atoms with Crippen LogP contribution in [0.5, 0.6) is 0 Å². The van der Waals surface area contributed by atoms with Crippen molar-refractivity contribution in [2.75, 3.05) is 45.2 Å². The molecule has 0 unspecified atom stereocenters. The Morgan fingerprint density at radius 1 is 1.35 bits per heavy atom. The van der Waals surface area contributed by atoms with Crippen molar-refractivity contribution in [3.05, 3.63) is 29.3 Å². The lowest BCUT2D eigenvalue weighted by atomic mass is 10.2. The number of para-hydroxylation sites is 1. The van der Waals surface area contributed by atoms with Crippen LogP contribution in [-0.4, -0.2) is 67.6 Å². The average molecular weight is 340 g/mol. The molecule has 2 amide bonds. The molecular formula is C16H22ClN3O3. The van der Waals surface area contributed by atoms with E-state index >= 15 is 0 Å². The molecule has 0 aromatic heterocycles. The van der Waals surface area contributed by atoms with Gasteiger partial charge in [0.2, 0.25) is 11.8 Å². The van der Waals surface area contributed by atoms with Crippen LogP contribution in [0.4, 0.5) is 5.69 Å². The van der Waals surface area contributed by atoms with Gasteiger partial charge in [-0.1, -0.05) is 23.7 Å². The molecule has 2 rings (SSSR count).